The van der Waals surface area contributed by atoms with E-state index in [0.29, 0.717) is 11.0 Å². The molecule has 0 fully saturated rings. The fourth-order valence-corrected chi connectivity index (χ4v) is 5.37. The van der Waals surface area contributed by atoms with Crippen LogP contribution in [0.5, 0.6) is 0 Å². The molecule has 4 nitrogen and oxygen atoms in total. The highest BCUT2D eigenvalue weighted by Crippen LogP contribution is 2.28. The molecule has 20 heavy (non-hydrogen) atoms. The standard InChI is InChI=1S/C12H12Br2N2O2S2/c1-8-11(19-7-15-8)6-16(2)20(17,18)12-4-3-9(13)5-10(12)14/h3-5,7H,6H2,1-2H3. The van der Waals surface area contributed by atoms with Crippen LogP contribution >= 0.6 is 43.2 Å². The second-order valence-corrected chi connectivity index (χ2v) is 8.92. The minimum absolute atomic E-state index is 0.255. The van der Waals surface area contributed by atoms with Crippen molar-refractivity contribution < 1.29 is 8.42 Å². The Morgan fingerprint density at radius 2 is 2.05 bits per heavy atom. The van der Waals surface area contributed by atoms with Gasteiger partial charge in [-0.05, 0) is 41.1 Å². The van der Waals surface area contributed by atoms with Crippen LogP contribution in [0.15, 0.2) is 37.6 Å². The van der Waals surface area contributed by atoms with Gasteiger partial charge in [-0.15, -0.1) is 11.3 Å². The van der Waals surface area contributed by atoms with Gasteiger partial charge in [0.25, 0.3) is 0 Å². The first-order valence-electron chi connectivity index (χ1n) is 5.62. The lowest BCUT2D eigenvalue weighted by molar-refractivity contribution is 0.468. The molecular formula is C12H12Br2N2O2S2. The Labute approximate surface area is 139 Å². The molecule has 0 N–H and O–H groups in total. The molecule has 0 amide bonds. The van der Waals surface area contributed by atoms with Crippen molar-refractivity contribution in [3.05, 3.63) is 43.2 Å². The highest BCUT2D eigenvalue weighted by Gasteiger charge is 2.24. The Bertz CT molecular complexity index is 729. The number of sulfonamides is 1. The first kappa shape index (κ1) is 16.1. The molecule has 1 aromatic carbocycles. The number of aromatic nitrogens is 1. The Morgan fingerprint density at radius 1 is 1.35 bits per heavy atom. The Kier molecular flexibility index (Phi) is 5.01. The molecule has 1 heterocycles. The molecule has 0 aliphatic rings. The van der Waals surface area contributed by atoms with Gasteiger partial charge in [-0.2, -0.15) is 4.31 Å². The van der Waals surface area contributed by atoms with E-state index in [9.17, 15) is 8.42 Å². The van der Waals surface area contributed by atoms with E-state index in [4.69, 9.17) is 0 Å². The van der Waals surface area contributed by atoms with E-state index in [0.717, 1.165) is 15.0 Å². The molecule has 1 aromatic heterocycles. The zero-order valence-corrected chi connectivity index (χ0v) is 15.6. The third-order valence-corrected chi connectivity index (χ3v) is 6.99. The predicted octanol–water partition coefficient (Wildman–Crippen LogP) is 3.80. The van der Waals surface area contributed by atoms with E-state index in [-0.39, 0.29) is 4.90 Å². The van der Waals surface area contributed by atoms with Crippen LogP contribution in [0.3, 0.4) is 0 Å². The minimum Gasteiger partial charge on any atom is -0.250 e. The summed E-state index contributed by atoms with van der Waals surface area (Å²) in [7, 11) is -1.96. The van der Waals surface area contributed by atoms with Crippen LogP contribution in [0, 0.1) is 6.92 Å². The lowest BCUT2D eigenvalue weighted by atomic mass is 10.4. The summed E-state index contributed by atoms with van der Waals surface area (Å²) in [6.07, 6.45) is 0. The predicted molar refractivity (Wildman–Crippen MR) is 87.3 cm³/mol. The van der Waals surface area contributed by atoms with Crippen molar-refractivity contribution in [3.8, 4) is 0 Å². The van der Waals surface area contributed by atoms with Gasteiger partial charge < -0.3 is 0 Å². The van der Waals surface area contributed by atoms with E-state index >= 15 is 0 Å². The lowest BCUT2D eigenvalue weighted by Gasteiger charge is -2.17. The van der Waals surface area contributed by atoms with Crippen molar-refractivity contribution in [1.82, 2.24) is 9.29 Å². The second kappa shape index (κ2) is 6.23. The molecule has 108 valence electrons. The Hall–Kier alpha value is -0.280. The molecule has 2 rings (SSSR count). The quantitative estimate of drug-likeness (QED) is 0.727. The molecular weight excluding hydrogens is 428 g/mol. The van der Waals surface area contributed by atoms with Gasteiger partial charge in [-0.3, -0.25) is 0 Å². The number of rotatable bonds is 4. The van der Waals surface area contributed by atoms with Crippen molar-refractivity contribution in [2.45, 2.75) is 18.4 Å². The molecule has 0 radical (unpaired) electrons. The monoisotopic (exact) mass is 438 g/mol. The molecule has 0 atom stereocenters. The average molecular weight is 440 g/mol. The normalized spacial score (nSPS) is 12.1. The molecule has 0 bridgehead atoms. The molecule has 0 aliphatic heterocycles. The summed E-state index contributed by atoms with van der Waals surface area (Å²) in [5, 5.41) is 0. The van der Waals surface area contributed by atoms with Crippen molar-refractivity contribution in [2.75, 3.05) is 7.05 Å². The van der Waals surface area contributed by atoms with Crippen LogP contribution in [0.1, 0.15) is 10.6 Å². The van der Waals surface area contributed by atoms with Gasteiger partial charge in [0.1, 0.15) is 0 Å². The summed E-state index contributed by atoms with van der Waals surface area (Å²) in [6.45, 7) is 2.20. The number of benzene rings is 1. The highest BCUT2D eigenvalue weighted by atomic mass is 79.9. The zero-order valence-electron chi connectivity index (χ0n) is 10.8. The van der Waals surface area contributed by atoms with Crippen molar-refractivity contribution in [2.24, 2.45) is 0 Å². The number of aryl methyl sites for hydroxylation is 1. The number of halogens is 2. The Balaban J connectivity index is 2.32. The largest absolute Gasteiger partial charge is 0.250 e. The van der Waals surface area contributed by atoms with Gasteiger partial charge in [0.05, 0.1) is 16.1 Å². The van der Waals surface area contributed by atoms with E-state index in [1.165, 1.54) is 15.6 Å². The van der Waals surface area contributed by atoms with Crippen LogP contribution in [0.2, 0.25) is 0 Å². The lowest BCUT2D eigenvalue weighted by Crippen LogP contribution is -2.26. The average Bonchev–Trinajstić information content (AvgIpc) is 2.74. The maximum Gasteiger partial charge on any atom is 0.244 e. The van der Waals surface area contributed by atoms with Crippen molar-refractivity contribution >= 4 is 53.2 Å². The summed E-state index contributed by atoms with van der Waals surface area (Å²) in [5.41, 5.74) is 2.59. The maximum absolute atomic E-state index is 12.6. The third kappa shape index (κ3) is 3.30. The Morgan fingerprint density at radius 3 is 2.60 bits per heavy atom. The van der Waals surface area contributed by atoms with E-state index < -0.39 is 10.0 Å². The zero-order chi connectivity index (χ0) is 14.9. The molecule has 2 aromatic rings. The fraction of sp³-hybridized carbons (Fsp3) is 0.250. The molecule has 0 spiro atoms. The van der Waals surface area contributed by atoms with Crippen molar-refractivity contribution in [1.29, 1.82) is 0 Å². The minimum atomic E-state index is -3.53. The second-order valence-electron chi connectivity index (χ2n) is 4.20. The molecule has 0 unspecified atom stereocenters. The van der Waals surface area contributed by atoms with E-state index in [2.05, 4.69) is 36.8 Å². The highest BCUT2D eigenvalue weighted by molar-refractivity contribution is 9.11. The summed E-state index contributed by atoms with van der Waals surface area (Å²) in [5.74, 6) is 0. The number of thiazole rings is 1. The summed E-state index contributed by atoms with van der Waals surface area (Å²) >= 11 is 8.07. The topological polar surface area (TPSA) is 50.3 Å². The summed E-state index contributed by atoms with van der Waals surface area (Å²) in [6, 6.07) is 5.02. The van der Waals surface area contributed by atoms with Gasteiger partial charge in [-0.25, -0.2) is 13.4 Å². The molecule has 0 saturated heterocycles. The van der Waals surface area contributed by atoms with Gasteiger partial charge in [0.2, 0.25) is 10.0 Å². The van der Waals surface area contributed by atoms with Crippen LogP contribution < -0.4 is 0 Å². The molecule has 8 heteroatoms. The maximum atomic E-state index is 12.6. The van der Waals surface area contributed by atoms with E-state index in [1.54, 1.807) is 30.8 Å². The van der Waals surface area contributed by atoms with Crippen molar-refractivity contribution in [3.63, 3.8) is 0 Å². The fourth-order valence-electron chi connectivity index (χ4n) is 1.62. The number of hydrogen-bond donors (Lipinski definition) is 0. The van der Waals surface area contributed by atoms with Crippen LogP contribution in [-0.4, -0.2) is 24.8 Å². The molecule has 0 saturated carbocycles. The van der Waals surface area contributed by atoms with Gasteiger partial charge in [0.15, 0.2) is 0 Å². The third-order valence-electron chi connectivity index (χ3n) is 2.79. The summed E-state index contributed by atoms with van der Waals surface area (Å²) < 4.78 is 27.8. The van der Waals surface area contributed by atoms with Crippen LogP contribution in [-0.2, 0) is 16.6 Å². The van der Waals surface area contributed by atoms with E-state index in [1.807, 2.05) is 6.92 Å². The smallest absolute Gasteiger partial charge is 0.244 e. The number of nitrogens with zero attached hydrogens (tertiary/aromatic N) is 2. The van der Waals surface area contributed by atoms with Gasteiger partial charge in [0, 0.05) is 27.4 Å². The van der Waals surface area contributed by atoms with Crippen LogP contribution in [0.4, 0.5) is 0 Å². The summed E-state index contributed by atoms with van der Waals surface area (Å²) in [4.78, 5) is 5.34. The first-order chi connectivity index (χ1) is 9.32. The SMILES string of the molecule is Cc1ncsc1CN(C)S(=O)(=O)c1ccc(Br)cc1Br. The van der Waals surface area contributed by atoms with Gasteiger partial charge in [-0.1, -0.05) is 15.9 Å². The van der Waals surface area contributed by atoms with Crippen LogP contribution in [0.25, 0.3) is 0 Å². The van der Waals surface area contributed by atoms with Gasteiger partial charge >= 0.3 is 0 Å². The molecule has 0 aliphatic carbocycles. The number of hydrogen-bond acceptors (Lipinski definition) is 4. The first-order valence-corrected chi connectivity index (χ1v) is 9.53.